The summed E-state index contributed by atoms with van der Waals surface area (Å²) in [5.41, 5.74) is 2.11. The number of hydrogen-bond donors (Lipinski definition) is 2. The Morgan fingerprint density at radius 2 is 2.12 bits per heavy atom. The summed E-state index contributed by atoms with van der Waals surface area (Å²) >= 11 is 0. The highest BCUT2D eigenvalue weighted by atomic mass is 16.6. The molecule has 2 aromatic rings. The van der Waals surface area contributed by atoms with Crippen LogP contribution in [-0.2, 0) is 4.79 Å². The van der Waals surface area contributed by atoms with Gasteiger partial charge in [0.2, 0.25) is 0 Å². The molecule has 1 amide bonds. The quantitative estimate of drug-likeness (QED) is 0.651. The third kappa shape index (κ3) is 3.52. The van der Waals surface area contributed by atoms with Crippen LogP contribution in [-0.4, -0.2) is 24.0 Å². The second kappa shape index (κ2) is 6.82. The van der Waals surface area contributed by atoms with Crippen molar-refractivity contribution in [1.82, 2.24) is 0 Å². The standard InChI is InChI=1S/C17H15N3O4/c21-17-11-24-16-10-13(7-8-14(16)19-17)18-9-3-5-12-4-1-2-6-15(12)20(22)23/h1-8,10,18H,9,11H2,(H,19,21)/b5-3+. The molecule has 0 unspecified atom stereocenters. The Labute approximate surface area is 138 Å². The highest BCUT2D eigenvalue weighted by molar-refractivity contribution is 5.95. The molecule has 7 heteroatoms. The van der Waals surface area contributed by atoms with Crippen molar-refractivity contribution in [1.29, 1.82) is 0 Å². The number of rotatable bonds is 5. The van der Waals surface area contributed by atoms with Crippen LogP contribution < -0.4 is 15.4 Å². The van der Waals surface area contributed by atoms with Crippen molar-refractivity contribution < 1.29 is 14.5 Å². The van der Waals surface area contributed by atoms with E-state index in [9.17, 15) is 14.9 Å². The molecule has 0 aliphatic carbocycles. The van der Waals surface area contributed by atoms with E-state index in [0.717, 1.165) is 5.69 Å². The van der Waals surface area contributed by atoms with Crippen LogP contribution in [0.25, 0.3) is 6.08 Å². The molecule has 2 N–H and O–H groups in total. The molecule has 0 radical (unpaired) electrons. The molecule has 3 rings (SSSR count). The molecule has 7 nitrogen and oxygen atoms in total. The number of amides is 1. The van der Waals surface area contributed by atoms with E-state index in [1.165, 1.54) is 6.07 Å². The van der Waals surface area contributed by atoms with Crippen molar-refractivity contribution in [2.24, 2.45) is 0 Å². The fourth-order valence-corrected chi connectivity index (χ4v) is 2.34. The van der Waals surface area contributed by atoms with Gasteiger partial charge in [0.15, 0.2) is 6.61 Å². The van der Waals surface area contributed by atoms with E-state index >= 15 is 0 Å². The predicted molar refractivity (Wildman–Crippen MR) is 91.2 cm³/mol. The van der Waals surface area contributed by atoms with E-state index in [-0.39, 0.29) is 18.2 Å². The summed E-state index contributed by atoms with van der Waals surface area (Å²) in [4.78, 5) is 21.8. The van der Waals surface area contributed by atoms with Crippen LogP contribution in [0.5, 0.6) is 5.75 Å². The Hall–Kier alpha value is -3.35. The molecular weight excluding hydrogens is 310 g/mol. The molecule has 24 heavy (non-hydrogen) atoms. The molecule has 2 aromatic carbocycles. The van der Waals surface area contributed by atoms with Crippen LogP contribution in [0.4, 0.5) is 17.1 Å². The topological polar surface area (TPSA) is 93.5 Å². The van der Waals surface area contributed by atoms with E-state index in [1.807, 2.05) is 12.1 Å². The molecule has 1 aliphatic rings. The number of hydrogen-bond acceptors (Lipinski definition) is 5. The Morgan fingerprint density at radius 1 is 1.29 bits per heavy atom. The van der Waals surface area contributed by atoms with E-state index in [0.29, 0.717) is 23.5 Å². The van der Waals surface area contributed by atoms with Crippen LogP contribution in [0.2, 0.25) is 0 Å². The van der Waals surface area contributed by atoms with Gasteiger partial charge in [-0.25, -0.2) is 0 Å². The molecule has 1 aliphatic heterocycles. The van der Waals surface area contributed by atoms with Crippen LogP contribution >= 0.6 is 0 Å². The first-order valence-corrected chi connectivity index (χ1v) is 7.34. The Kier molecular flexibility index (Phi) is 4.42. The number of nitrogens with one attached hydrogen (secondary N) is 2. The van der Waals surface area contributed by atoms with E-state index in [1.54, 1.807) is 36.4 Å². The predicted octanol–water partition coefficient (Wildman–Crippen LogP) is 3.05. The number of nitro groups is 1. The average Bonchev–Trinajstić information content (AvgIpc) is 2.59. The van der Waals surface area contributed by atoms with Crippen LogP contribution in [0.1, 0.15) is 5.56 Å². The van der Waals surface area contributed by atoms with Gasteiger partial charge in [-0.3, -0.25) is 14.9 Å². The second-order valence-corrected chi connectivity index (χ2v) is 5.15. The molecule has 0 atom stereocenters. The van der Waals surface area contributed by atoms with Crippen molar-refractivity contribution in [3.63, 3.8) is 0 Å². The zero-order valence-corrected chi connectivity index (χ0v) is 12.7. The Morgan fingerprint density at radius 3 is 2.96 bits per heavy atom. The number of nitrogens with zero attached hydrogens (tertiary/aromatic N) is 1. The molecule has 0 saturated heterocycles. The molecule has 0 bridgehead atoms. The molecule has 122 valence electrons. The summed E-state index contributed by atoms with van der Waals surface area (Å²) in [6, 6.07) is 12.0. The summed E-state index contributed by atoms with van der Waals surface area (Å²) in [6.45, 7) is 0.505. The molecule has 0 saturated carbocycles. The van der Waals surface area contributed by atoms with Gasteiger partial charge in [0.05, 0.1) is 16.2 Å². The first kappa shape index (κ1) is 15.5. The van der Waals surface area contributed by atoms with Crippen LogP contribution in [0, 0.1) is 10.1 Å². The van der Waals surface area contributed by atoms with Gasteiger partial charge in [-0.15, -0.1) is 0 Å². The number of ether oxygens (including phenoxy) is 1. The van der Waals surface area contributed by atoms with Crippen molar-refractivity contribution in [2.75, 3.05) is 23.8 Å². The Bertz CT molecular complexity index is 817. The highest BCUT2D eigenvalue weighted by Crippen LogP contribution is 2.30. The largest absolute Gasteiger partial charge is 0.482 e. The third-order valence-electron chi connectivity index (χ3n) is 3.47. The number of anilines is 2. The lowest BCUT2D eigenvalue weighted by atomic mass is 10.1. The fourth-order valence-electron chi connectivity index (χ4n) is 2.34. The van der Waals surface area contributed by atoms with Crippen molar-refractivity contribution in [3.05, 3.63) is 64.2 Å². The van der Waals surface area contributed by atoms with Crippen molar-refractivity contribution >= 4 is 29.0 Å². The maximum atomic E-state index is 11.2. The van der Waals surface area contributed by atoms with Gasteiger partial charge in [0.1, 0.15) is 5.75 Å². The lowest BCUT2D eigenvalue weighted by molar-refractivity contribution is -0.385. The lowest BCUT2D eigenvalue weighted by Crippen LogP contribution is -2.25. The SMILES string of the molecule is O=C1COc2cc(NC/C=C/c3ccccc3[N+](=O)[O-])ccc2N1. The summed E-state index contributed by atoms with van der Waals surface area (Å²) in [6.07, 6.45) is 3.52. The van der Waals surface area contributed by atoms with E-state index in [2.05, 4.69) is 10.6 Å². The summed E-state index contributed by atoms with van der Waals surface area (Å²) < 4.78 is 5.35. The van der Waals surface area contributed by atoms with Gasteiger partial charge in [-0.05, 0) is 18.2 Å². The van der Waals surface area contributed by atoms with Gasteiger partial charge in [-0.1, -0.05) is 24.3 Å². The monoisotopic (exact) mass is 325 g/mol. The summed E-state index contributed by atoms with van der Waals surface area (Å²) in [5, 5.41) is 16.8. The second-order valence-electron chi connectivity index (χ2n) is 5.15. The van der Waals surface area contributed by atoms with Gasteiger partial charge in [0, 0.05) is 24.4 Å². The van der Waals surface area contributed by atoms with E-state index < -0.39 is 4.92 Å². The fraction of sp³-hybridized carbons (Fsp3) is 0.118. The number of nitro benzene ring substituents is 1. The van der Waals surface area contributed by atoms with Crippen LogP contribution in [0.15, 0.2) is 48.5 Å². The average molecular weight is 325 g/mol. The third-order valence-corrected chi connectivity index (χ3v) is 3.47. The number of carbonyl (C=O) groups excluding carboxylic acids is 1. The number of benzene rings is 2. The van der Waals surface area contributed by atoms with Crippen molar-refractivity contribution in [3.8, 4) is 5.75 Å². The molecule has 0 spiro atoms. The minimum atomic E-state index is -0.401. The zero-order valence-electron chi connectivity index (χ0n) is 12.7. The lowest BCUT2D eigenvalue weighted by Gasteiger charge is -2.18. The summed E-state index contributed by atoms with van der Waals surface area (Å²) in [7, 11) is 0. The maximum absolute atomic E-state index is 11.2. The molecule has 1 heterocycles. The minimum Gasteiger partial charge on any atom is -0.482 e. The molecule has 0 fully saturated rings. The maximum Gasteiger partial charge on any atom is 0.276 e. The van der Waals surface area contributed by atoms with Crippen LogP contribution in [0.3, 0.4) is 0 Å². The minimum absolute atomic E-state index is 0.00797. The number of carbonyl (C=O) groups is 1. The highest BCUT2D eigenvalue weighted by Gasteiger charge is 2.15. The molecular formula is C17H15N3O4. The van der Waals surface area contributed by atoms with Gasteiger partial charge in [0.25, 0.3) is 11.6 Å². The first-order valence-electron chi connectivity index (χ1n) is 7.34. The normalized spacial score (nSPS) is 13.1. The summed E-state index contributed by atoms with van der Waals surface area (Å²) in [5.74, 6) is 0.442. The number of fused-ring (bicyclic) bond motifs is 1. The Balaban J connectivity index is 1.63. The van der Waals surface area contributed by atoms with Crippen molar-refractivity contribution in [2.45, 2.75) is 0 Å². The molecule has 0 aromatic heterocycles. The van der Waals surface area contributed by atoms with Gasteiger partial charge < -0.3 is 15.4 Å². The zero-order chi connectivity index (χ0) is 16.9. The number of para-hydroxylation sites is 1. The smallest absolute Gasteiger partial charge is 0.276 e. The first-order chi connectivity index (χ1) is 11.6. The van der Waals surface area contributed by atoms with E-state index in [4.69, 9.17) is 4.74 Å². The van der Waals surface area contributed by atoms with Gasteiger partial charge in [-0.2, -0.15) is 0 Å². The van der Waals surface area contributed by atoms with Gasteiger partial charge >= 0.3 is 0 Å².